The summed E-state index contributed by atoms with van der Waals surface area (Å²) in [4.78, 5) is 21.5. The molecule has 7 nitrogen and oxygen atoms in total. The summed E-state index contributed by atoms with van der Waals surface area (Å²) >= 11 is 7.30. The molecule has 202 valence electrons. The van der Waals surface area contributed by atoms with Crippen LogP contribution in [0.1, 0.15) is 37.7 Å². The van der Waals surface area contributed by atoms with E-state index in [0.717, 1.165) is 61.2 Å². The van der Waals surface area contributed by atoms with Crippen LogP contribution in [-0.4, -0.2) is 54.5 Å². The van der Waals surface area contributed by atoms with Crippen molar-refractivity contribution in [1.82, 2.24) is 20.6 Å². The van der Waals surface area contributed by atoms with E-state index in [9.17, 15) is 4.79 Å². The molecule has 1 aliphatic carbocycles. The predicted molar refractivity (Wildman–Crippen MR) is 153 cm³/mol. The molecule has 1 aromatic heterocycles. The number of nitrogens with one attached hydrogen (secondary N) is 2. The Morgan fingerprint density at radius 1 is 0.974 bits per heavy atom. The zero-order valence-electron chi connectivity index (χ0n) is 21.9. The van der Waals surface area contributed by atoms with Gasteiger partial charge in [0.1, 0.15) is 0 Å². The Morgan fingerprint density at radius 2 is 1.71 bits per heavy atom. The maximum atomic E-state index is 12.6. The van der Waals surface area contributed by atoms with Crippen molar-refractivity contribution in [3.8, 4) is 22.6 Å². The lowest BCUT2D eigenvalue weighted by Crippen LogP contribution is -2.47. The maximum absolute atomic E-state index is 12.6. The van der Waals surface area contributed by atoms with Crippen LogP contribution in [0.15, 0.2) is 60.0 Å². The van der Waals surface area contributed by atoms with Crippen LogP contribution in [-0.2, 0) is 11.2 Å². The predicted octanol–water partition coefficient (Wildman–Crippen LogP) is 5.56. The molecule has 2 aromatic carbocycles. The smallest absolute Gasteiger partial charge is 0.230 e. The van der Waals surface area contributed by atoms with Gasteiger partial charge in [-0.3, -0.25) is 4.79 Å². The number of unbranched alkanes of at least 4 members (excludes halogenated alkanes) is 1. The highest BCUT2D eigenvalue weighted by Crippen LogP contribution is 2.32. The van der Waals surface area contributed by atoms with Crippen molar-refractivity contribution >= 4 is 29.3 Å². The highest BCUT2D eigenvalue weighted by atomic mass is 35.5. The number of aromatic nitrogens is 2. The Kier molecular flexibility index (Phi) is 10.7. The Bertz CT molecular complexity index is 1180. The molecule has 3 aromatic rings. The second-order valence-electron chi connectivity index (χ2n) is 9.36. The van der Waals surface area contributed by atoms with Crippen LogP contribution in [0.4, 0.5) is 0 Å². The molecular formula is C29H35ClN4O3S. The normalized spacial score (nSPS) is 16.8. The number of halogens is 1. The number of aryl methyl sites for hydroxylation is 1. The Labute approximate surface area is 234 Å². The fraction of sp³-hybridized carbons (Fsp3) is 0.414. The number of methoxy groups -OCH3 is 2. The van der Waals surface area contributed by atoms with E-state index in [1.807, 2.05) is 30.3 Å². The fourth-order valence-electron chi connectivity index (χ4n) is 4.70. The number of benzene rings is 2. The molecule has 0 spiro atoms. The Balaban J connectivity index is 1.17. The van der Waals surface area contributed by atoms with Crippen molar-refractivity contribution in [3.63, 3.8) is 0 Å². The van der Waals surface area contributed by atoms with Gasteiger partial charge < -0.3 is 20.1 Å². The van der Waals surface area contributed by atoms with E-state index in [0.29, 0.717) is 28.5 Å². The zero-order chi connectivity index (χ0) is 26.7. The lowest BCUT2D eigenvalue weighted by atomic mass is 10.1. The van der Waals surface area contributed by atoms with E-state index in [1.165, 1.54) is 17.3 Å². The molecular weight excluding hydrogens is 520 g/mol. The number of hydrogen-bond donors (Lipinski definition) is 2. The Morgan fingerprint density at radius 3 is 2.45 bits per heavy atom. The van der Waals surface area contributed by atoms with Crippen LogP contribution < -0.4 is 20.1 Å². The summed E-state index contributed by atoms with van der Waals surface area (Å²) in [6.45, 7) is 0.958. The molecule has 0 aliphatic heterocycles. The first kappa shape index (κ1) is 28.2. The van der Waals surface area contributed by atoms with Gasteiger partial charge >= 0.3 is 0 Å². The van der Waals surface area contributed by atoms with Crippen molar-refractivity contribution < 1.29 is 14.3 Å². The third kappa shape index (κ3) is 8.09. The minimum atomic E-state index is 0.0176. The van der Waals surface area contributed by atoms with Crippen molar-refractivity contribution in [2.75, 3.05) is 26.5 Å². The number of carbonyl (C=O) groups excluding carboxylic acids is 1. The van der Waals surface area contributed by atoms with Crippen molar-refractivity contribution in [2.45, 2.75) is 55.8 Å². The molecule has 38 heavy (non-hydrogen) atoms. The molecule has 1 amide bonds. The third-order valence-corrected chi connectivity index (χ3v) is 7.88. The van der Waals surface area contributed by atoms with Gasteiger partial charge in [0.2, 0.25) is 5.91 Å². The molecule has 9 heteroatoms. The largest absolute Gasteiger partial charge is 0.493 e. The Hall–Kier alpha value is -2.81. The van der Waals surface area contributed by atoms with Crippen LogP contribution in [0.25, 0.3) is 11.1 Å². The van der Waals surface area contributed by atoms with Gasteiger partial charge in [0.25, 0.3) is 0 Å². The molecule has 0 bridgehead atoms. The first-order valence-electron chi connectivity index (χ1n) is 13.0. The number of carbonyl (C=O) groups is 1. The van der Waals surface area contributed by atoms with Gasteiger partial charge in [-0.1, -0.05) is 41.6 Å². The molecule has 0 saturated heterocycles. The third-order valence-electron chi connectivity index (χ3n) is 6.75. The minimum Gasteiger partial charge on any atom is -0.493 e. The summed E-state index contributed by atoms with van der Waals surface area (Å²) in [5.74, 6) is 1.63. The molecule has 1 fully saturated rings. The number of rotatable bonds is 13. The molecule has 2 N–H and O–H groups in total. The lowest BCUT2D eigenvalue weighted by molar-refractivity contribution is -0.119. The SMILES string of the molecule is COc1ccc(-c2cnc(SCC(=O)NC3CCCC3NCCCCc3ccc(Cl)cc3)nc2)cc1OC. The van der Waals surface area contributed by atoms with Crippen LogP contribution in [0.3, 0.4) is 0 Å². The summed E-state index contributed by atoms with van der Waals surface area (Å²) < 4.78 is 10.7. The first-order valence-corrected chi connectivity index (χ1v) is 14.4. The lowest BCUT2D eigenvalue weighted by Gasteiger charge is -2.22. The summed E-state index contributed by atoms with van der Waals surface area (Å²) in [5, 5.41) is 8.23. The van der Waals surface area contributed by atoms with E-state index in [2.05, 4.69) is 32.7 Å². The summed E-state index contributed by atoms with van der Waals surface area (Å²) in [6, 6.07) is 14.3. The second kappa shape index (κ2) is 14.4. The second-order valence-corrected chi connectivity index (χ2v) is 10.7. The monoisotopic (exact) mass is 554 g/mol. The molecule has 2 unspecified atom stereocenters. The van der Waals surface area contributed by atoms with E-state index in [1.54, 1.807) is 26.6 Å². The average molecular weight is 555 g/mol. The number of ether oxygens (including phenoxy) is 2. The van der Waals surface area contributed by atoms with Crippen molar-refractivity contribution in [3.05, 3.63) is 65.4 Å². The minimum absolute atomic E-state index is 0.0176. The molecule has 2 atom stereocenters. The summed E-state index contributed by atoms with van der Waals surface area (Å²) in [6.07, 6.45) is 10.0. The van der Waals surface area contributed by atoms with Gasteiger partial charge in [-0.2, -0.15) is 0 Å². The van der Waals surface area contributed by atoms with Crippen molar-refractivity contribution in [2.24, 2.45) is 0 Å². The first-order chi connectivity index (χ1) is 18.6. The van der Waals surface area contributed by atoms with Crippen LogP contribution in [0.2, 0.25) is 5.02 Å². The van der Waals surface area contributed by atoms with Gasteiger partial charge in [0.15, 0.2) is 16.7 Å². The molecule has 4 rings (SSSR count). The van der Waals surface area contributed by atoms with Gasteiger partial charge in [0, 0.05) is 35.1 Å². The van der Waals surface area contributed by atoms with E-state index < -0.39 is 0 Å². The highest BCUT2D eigenvalue weighted by molar-refractivity contribution is 7.99. The van der Waals surface area contributed by atoms with E-state index in [4.69, 9.17) is 21.1 Å². The molecule has 0 radical (unpaired) electrons. The molecule has 1 aliphatic rings. The van der Waals surface area contributed by atoms with Crippen LogP contribution in [0, 0.1) is 0 Å². The van der Waals surface area contributed by atoms with Gasteiger partial charge in [0.05, 0.1) is 20.0 Å². The quantitative estimate of drug-likeness (QED) is 0.163. The standard InChI is InChI=1S/C29H35ClN4O3S/c1-36-26-14-11-21(16-27(26)37-2)22-17-32-29(33-18-22)38-19-28(35)34-25-8-5-7-24(25)31-15-4-3-6-20-9-12-23(30)13-10-20/h9-14,16-18,24-25,31H,3-8,15,19H2,1-2H3,(H,34,35). The van der Waals surface area contributed by atoms with Gasteiger partial charge in [-0.05, 0) is 80.5 Å². The molecule has 1 saturated carbocycles. The van der Waals surface area contributed by atoms with E-state index in [-0.39, 0.29) is 11.9 Å². The van der Waals surface area contributed by atoms with Gasteiger partial charge in [-0.15, -0.1) is 0 Å². The average Bonchev–Trinajstić information content (AvgIpc) is 3.39. The zero-order valence-corrected chi connectivity index (χ0v) is 23.5. The fourth-order valence-corrected chi connectivity index (χ4v) is 5.43. The number of hydrogen-bond acceptors (Lipinski definition) is 7. The van der Waals surface area contributed by atoms with E-state index >= 15 is 0 Å². The topological polar surface area (TPSA) is 85.4 Å². The highest BCUT2D eigenvalue weighted by Gasteiger charge is 2.28. The van der Waals surface area contributed by atoms with Crippen LogP contribution in [0.5, 0.6) is 11.5 Å². The summed E-state index contributed by atoms with van der Waals surface area (Å²) in [5.41, 5.74) is 3.12. The number of thioether (sulfide) groups is 1. The number of nitrogens with zero attached hydrogens (tertiary/aromatic N) is 2. The van der Waals surface area contributed by atoms with Gasteiger partial charge in [-0.25, -0.2) is 9.97 Å². The maximum Gasteiger partial charge on any atom is 0.230 e. The summed E-state index contributed by atoms with van der Waals surface area (Å²) in [7, 11) is 3.22. The number of amides is 1. The molecule has 1 heterocycles. The van der Waals surface area contributed by atoms with Crippen LogP contribution >= 0.6 is 23.4 Å². The van der Waals surface area contributed by atoms with Crippen molar-refractivity contribution in [1.29, 1.82) is 0 Å².